The van der Waals surface area contributed by atoms with Gasteiger partial charge in [-0.25, -0.2) is 4.98 Å². The Kier molecular flexibility index (Phi) is 2.75. The first kappa shape index (κ1) is 10.4. The van der Waals surface area contributed by atoms with E-state index in [1.54, 1.807) is 11.8 Å². The molecule has 0 amide bonds. The molecule has 1 aromatic heterocycles. The van der Waals surface area contributed by atoms with Gasteiger partial charge < -0.3 is 4.74 Å². The van der Waals surface area contributed by atoms with Crippen LogP contribution in [0.4, 0.5) is 0 Å². The maximum absolute atomic E-state index is 5.83. The molecule has 2 aromatic rings. The highest BCUT2D eigenvalue weighted by Crippen LogP contribution is 2.39. The minimum atomic E-state index is -0.0938. The van der Waals surface area contributed by atoms with Gasteiger partial charge in [-0.2, -0.15) is 4.37 Å². The lowest BCUT2D eigenvalue weighted by Crippen LogP contribution is -2.15. The van der Waals surface area contributed by atoms with Crippen LogP contribution >= 0.6 is 34.9 Å². The monoisotopic (exact) mass is 270 g/mol. The zero-order valence-corrected chi connectivity index (χ0v) is 10.5. The van der Waals surface area contributed by atoms with Crippen LogP contribution in [0.2, 0.25) is 4.47 Å². The average molecular weight is 271 g/mol. The molecule has 3 nitrogen and oxygen atoms in total. The van der Waals surface area contributed by atoms with Crippen molar-refractivity contribution >= 4 is 34.9 Å². The maximum atomic E-state index is 5.83. The van der Waals surface area contributed by atoms with E-state index in [4.69, 9.17) is 16.3 Å². The van der Waals surface area contributed by atoms with Gasteiger partial charge in [-0.1, -0.05) is 12.1 Å². The molecule has 0 saturated heterocycles. The molecule has 1 aliphatic heterocycles. The summed E-state index contributed by atoms with van der Waals surface area (Å²) in [5, 5.41) is 0. The molecule has 0 radical (unpaired) electrons. The van der Waals surface area contributed by atoms with E-state index < -0.39 is 0 Å². The number of hydrogen-bond acceptors (Lipinski definition) is 5. The fourth-order valence-electron chi connectivity index (χ4n) is 1.49. The molecular weight excluding hydrogens is 264 g/mol. The molecule has 16 heavy (non-hydrogen) atoms. The van der Waals surface area contributed by atoms with Crippen molar-refractivity contribution in [1.29, 1.82) is 0 Å². The van der Waals surface area contributed by atoms with Gasteiger partial charge >= 0.3 is 0 Å². The van der Waals surface area contributed by atoms with E-state index in [0.717, 1.165) is 11.5 Å². The molecule has 0 N–H and O–H groups in total. The average Bonchev–Trinajstić information content (AvgIpc) is 2.75. The third-order valence-corrected chi connectivity index (χ3v) is 4.14. The molecule has 0 aliphatic carbocycles. The number of para-hydroxylation sites is 1. The number of fused-ring (bicyclic) bond motifs is 1. The van der Waals surface area contributed by atoms with Crippen molar-refractivity contribution in [2.24, 2.45) is 0 Å². The van der Waals surface area contributed by atoms with Crippen molar-refractivity contribution in [1.82, 2.24) is 9.36 Å². The molecule has 2 heterocycles. The van der Waals surface area contributed by atoms with Gasteiger partial charge in [0.1, 0.15) is 5.75 Å². The van der Waals surface area contributed by atoms with E-state index in [0.29, 0.717) is 10.3 Å². The Morgan fingerprint density at radius 1 is 1.38 bits per heavy atom. The van der Waals surface area contributed by atoms with Crippen LogP contribution in [-0.4, -0.2) is 15.1 Å². The Morgan fingerprint density at radius 2 is 2.25 bits per heavy atom. The predicted octanol–water partition coefficient (Wildman–Crippen LogP) is 3.42. The van der Waals surface area contributed by atoms with E-state index >= 15 is 0 Å². The standard InChI is InChI=1S/C10H7ClN2OS2/c11-10-12-9(13-16-10)7-5-15-8-4-2-1-3-6(8)14-7/h1-4,7H,5H2. The summed E-state index contributed by atoms with van der Waals surface area (Å²) in [6.07, 6.45) is -0.0938. The molecule has 1 aromatic carbocycles. The first-order chi connectivity index (χ1) is 7.83. The van der Waals surface area contributed by atoms with Crippen LogP contribution in [0.5, 0.6) is 5.75 Å². The number of halogens is 1. The molecule has 0 bridgehead atoms. The topological polar surface area (TPSA) is 35.0 Å². The Labute approximate surface area is 106 Å². The molecule has 0 saturated carbocycles. The number of thioether (sulfide) groups is 1. The van der Waals surface area contributed by atoms with Gasteiger partial charge in [-0.05, 0) is 35.3 Å². The highest BCUT2D eigenvalue weighted by Gasteiger charge is 2.24. The molecule has 1 unspecified atom stereocenters. The summed E-state index contributed by atoms with van der Waals surface area (Å²) >= 11 is 8.71. The van der Waals surface area contributed by atoms with Gasteiger partial charge in [0.2, 0.25) is 4.47 Å². The SMILES string of the molecule is Clc1nc(C2CSc3ccccc3O2)ns1. The number of rotatable bonds is 1. The Hall–Kier alpha value is -0.780. The van der Waals surface area contributed by atoms with E-state index in [-0.39, 0.29) is 6.10 Å². The van der Waals surface area contributed by atoms with Crippen molar-refractivity contribution in [3.05, 3.63) is 34.6 Å². The summed E-state index contributed by atoms with van der Waals surface area (Å²) in [6, 6.07) is 7.98. The predicted molar refractivity (Wildman–Crippen MR) is 65.5 cm³/mol. The molecule has 3 rings (SSSR count). The first-order valence-corrected chi connectivity index (χ1v) is 6.84. The number of hydrogen-bond donors (Lipinski definition) is 0. The summed E-state index contributed by atoms with van der Waals surface area (Å²) in [6.45, 7) is 0. The third-order valence-electron chi connectivity index (χ3n) is 2.21. The summed E-state index contributed by atoms with van der Waals surface area (Å²) in [4.78, 5) is 5.31. The van der Waals surface area contributed by atoms with Gasteiger partial charge in [0.05, 0.1) is 0 Å². The quantitative estimate of drug-likeness (QED) is 0.795. The number of ether oxygens (including phenoxy) is 1. The second kappa shape index (κ2) is 4.24. The van der Waals surface area contributed by atoms with Crippen LogP contribution in [0, 0.1) is 0 Å². The van der Waals surface area contributed by atoms with Gasteiger partial charge in [0, 0.05) is 10.6 Å². The summed E-state index contributed by atoms with van der Waals surface area (Å²) < 4.78 is 10.5. The van der Waals surface area contributed by atoms with Crippen LogP contribution < -0.4 is 4.74 Å². The molecule has 0 fully saturated rings. The van der Waals surface area contributed by atoms with Crippen LogP contribution in [0.1, 0.15) is 11.9 Å². The largest absolute Gasteiger partial charge is 0.480 e. The van der Waals surface area contributed by atoms with Gasteiger partial charge in [0.15, 0.2) is 11.9 Å². The highest BCUT2D eigenvalue weighted by molar-refractivity contribution is 7.99. The normalized spacial score (nSPS) is 18.9. The Morgan fingerprint density at radius 3 is 3.06 bits per heavy atom. The minimum absolute atomic E-state index is 0.0938. The lowest BCUT2D eigenvalue weighted by Gasteiger charge is -2.23. The van der Waals surface area contributed by atoms with Crippen molar-refractivity contribution in [3.63, 3.8) is 0 Å². The summed E-state index contributed by atoms with van der Waals surface area (Å²) in [5.41, 5.74) is 0. The summed E-state index contributed by atoms with van der Waals surface area (Å²) in [7, 11) is 0. The van der Waals surface area contributed by atoms with Crippen molar-refractivity contribution < 1.29 is 4.74 Å². The Balaban J connectivity index is 1.88. The number of aromatic nitrogens is 2. The van der Waals surface area contributed by atoms with E-state index in [1.165, 1.54) is 16.4 Å². The maximum Gasteiger partial charge on any atom is 0.203 e. The fourth-order valence-corrected chi connectivity index (χ4v) is 3.13. The second-order valence-electron chi connectivity index (χ2n) is 3.27. The zero-order chi connectivity index (χ0) is 11.0. The Bertz CT molecular complexity index is 517. The van der Waals surface area contributed by atoms with Crippen LogP contribution in [0.15, 0.2) is 29.2 Å². The van der Waals surface area contributed by atoms with Gasteiger partial charge in [-0.3, -0.25) is 0 Å². The summed E-state index contributed by atoms with van der Waals surface area (Å²) in [5.74, 6) is 2.40. The lowest BCUT2D eigenvalue weighted by atomic mass is 10.3. The zero-order valence-electron chi connectivity index (χ0n) is 8.09. The van der Waals surface area contributed by atoms with Crippen molar-refractivity contribution in [2.75, 3.05) is 5.75 Å². The van der Waals surface area contributed by atoms with Crippen molar-refractivity contribution in [3.8, 4) is 5.75 Å². The van der Waals surface area contributed by atoms with Crippen LogP contribution in [0.25, 0.3) is 0 Å². The lowest BCUT2D eigenvalue weighted by molar-refractivity contribution is 0.212. The number of nitrogens with zero attached hydrogens (tertiary/aromatic N) is 2. The third kappa shape index (κ3) is 1.90. The highest BCUT2D eigenvalue weighted by atomic mass is 35.5. The van der Waals surface area contributed by atoms with E-state index in [9.17, 15) is 0 Å². The molecule has 0 spiro atoms. The fraction of sp³-hybridized carbons (Fsp3) is 0.200. The molecule has 1 atom stereocenters. The van der Waals surface area contributed by atoms with E-state index in [2.05, 4.69) is 15.4 Å². The van der Waals surface area contributed by atoms with E-state index in [1.807, 2.05) is 18.2 Å². The second-order valence-corrected chi connectivity index (χ2v) is 5.67. The van der Waals surface area contributed by atoms with Crippen molar-refractivity contribution in [2.45, 2.75) is 11.0 Å². The smallest absolute Gasteiger partial charge is 0.203 e. The molecule has 1 aliphatic rings. The van der Waals surface area contributed by atoms with Gasteiger partial charge in [-0.15, -0.1) is 11.8 Å². The van der Waals surface area contributed by atoms with Crippen LogP contribution in [-0.2, 0) is 0 Å². The first-order valence-electron chi connectivity index (χ1n) is 4.70. The van der Waals surface area contributed by atoms with Gasteiger partial charge in [0.25, 0.3) is 0 Å². The minimum Gasteiger partial charge on any atom is -0.480 e. The molecule has 6 heteroatoms. The van der Waals surface area contributed by atoms with Crippen LogP contribution in [0.3, 0.4) is 0 Å². The molecule has 82 valence electrons. The molecular formula is C10H7ClN2OS2. The number of benzene rings is 1.